The minimum atomic E-state index is -3.99. The molecule has 126 valence electrons. The van der Waals surface area contributed by atoms with E-state index in [0.29, 0.717) is 5.76 Å². The van der Waals surface area contributed by atoms with Gasteiger partial charge in [-0.15, -0.1) is 0 Å². The number of nitrogens with one attached hydrogen (secondary N) is 1. The van der Waals surface area contributed by atoms with E-state index in [2.05, 4.69) is 5.32 Å². The molecular weight excluding hydrogens is 332 g/mol. The lowest BCUT2D eigenvalue weighted by molar-refractivity contribution is 0.0902. The SMILES string of the molecule is Cc1c([C@@H](C)NC(=O)c2ccc(S(N)(=O)=O)o2)oc2ccccc12. The molecule has 1 atom stereocenters. The van der Waals surface area contributed by atoms with Gasteiger partial charge in [-0.2, -0.15) is 0 Å². The number of carbonyl (C=O) groups is 1. The van der Waals surface area contributed by atoms with Crippen LogP contribution in [-0.4, -0.2) is 14.3 Å². The number of para-hydroxylation sites is 1. The zero-order valence-electron chi connectivity index (χ0n) is 13.1. The topological polar surface area (TPSA) is 116 Å². The first kappa shape index (κ1) is 16.3. The van der Waals surface area contributed by atoms with Crippen molar-refractivity contribution in [1.29, 1.82) is 0 Å². The van der Waals surface area contributed by atoms with Crippen molar-refractivity contribution >= 4 is 26.9 Å². The molecule has 3 rings (SSSR count). The summed E-state index contributed by atoms with van der Waals surface area (Å²) >= 11 is 0. The van der Waals surface area contributed by atoms with Gasteiger partial charge in [0.2, 0.25) is 5.09 Å². The Hall–Kier alpha value is -2.58. The average Bonchev–Trinajstić information content (AvgIpc) is 3.13. The summed E-state index contributed by atoms with van der Waals surface area (Å²) in [7, 11) is -3.99. The highest BCUT2D eigenvalue weighted by Crippen LogP contribution is 2.29. The van der Waals surface area contributed by atoms with Crippen molar-refractivity contribution < 1.29 is 22.0 Å². The molecule has 0 fully saturated rings. The lowest BCUT2D eigenvalue weighted by Crippen LogP contribution is -2.26. The Morgan fingerprint density at radius 2 is 1.88 bits per heavy atom. The standard InChI is InChI=1S/C16H16N2O5S/c1-9-11-5-3-4-6-12(11)23-15(9)10(2)18-16(19)13-7-8-14(22-13)24(17,20)21/h3-8,10H,1-2H3,(H,18,19)(H2,17,20,21)/t10-/m1/s1. The number of primary sulfonamides is 1. The van der Waals surface area contributed by atoms with E-state index in [4.69, 9.17) is 14.0 Å². The van der Waals surface area contributed by atoms with Crippen LogP contribution < -0.4 is 10.5 Å². The molecule has 0 aliphatic rings. The van der Waals surface area contributed by atoms with Gasteiger partial charge in [-0.1, -0.05) is 18.2 Å². The second-order valence-electron chi connectivity index (χ2n) is 5.45. The van der Waals surface area contributed by atoms with Gasteiger partial charge in [0.1, 0.15) is 11.3 Å². The van der Waals surface area contributed by atoms with Crippen molar-refractivity contribution in [3.8, 4) is 0 Å². The Kier molecular flexibility index (Phi) is 3.94. The van der Waals surface area contributed by atoms with Crippen LogP contribution in [0, 0.1) is 6.92 Å². The third-order valence-electron chi connectivity index (χ3n) is 3.71. The largest absolute Gasteiger partial charge is 0.459 e. The van der Waals surface area contributed by atoms with Crippen LogP contribution in [0.4, 0.5) is 0 Å². The molecule has 1 aromatic carbocycles. The van der Waals surface area contributed by atoms with Gasteiger partial charge in [-0.25, -0.2) is 13.6 Å². The first-order valence-corrected chi connectivity index (χ1v) is 8.73. The van der Waals surface area contributed by atoms with E-state index < -0.39 is 27.1 Å². The van der Waals surface area contributed by atoms with Gasteiger partial charge in [0, 0.05) is 10.9 Å². The molecule has 0 aliphatic carbocycles. The Balaban J connectivity index is 1.83. The van der Waals surface area contributed by atoms with E-state index in [0.717, 1.165) is 22.6 Å². The Morgan fingerprint density at radius 3 is 2.50 bits per heavy atom. The van der Waals surface area contributed by atoms with Gasteiger partial charge in [0.25, 0.3) is 15.9 Å². The van der Waals surface area contributed by atoms with Gasteiger partial charge in [0.05, 0.1) is 6.04 Å². The summed E-state index contributed by atoms with van der Waals surface area (Å²) in [6.07, 6.45) is 0. The molecular formula is C16H16N2O5S. The van der Waals surface area contributed by atoms with Crippen LogP contribution in [0.25, 0.3) is 11.0 Å². The Morgan fingerprint density at radius 1 is 1.17 bits per heavy atom. The summed E-state index contributed by atoms with van der Waals surface area (Å²) in [5, 5.41) is 8.19. The van der Waals surface area contributed by atoms with Crippen LogP contribution in [0.15, 0.2) is 50.3 Å². The second-order valence-corrected chi connectivity index (χ2v) is 6.94. The fourth-order valence-corrected chi connectivity index (χ4v) is 3.00. The van der Waals surface area contributed by atoms with Crippen LogP contribution in [0.3, 0.4) is 0 Å². The number of carbonyl (C=O) groups excluding carboxylic acids is 1. The normalized spacial score (nSPS) is 13.1. The van der Waals surface area contributed by atoms with Crippen molar-refractivity contribution in [2.24, 2.45) is 5.14 Å². The van der Waals surface area contributed by atoms with Crippen LogP contribution in [0.2, 0.25) is 0 Å². The quantitative estimate of drug-likeness (QED) is 0.751. The second kappa shape index (κ2) is 5.81. The highest BCUT2D eigenvalue weighted by Gasteiger charge is 2.22. The van der Waals surface area contributed by atoms with Crippen LogP contribution >= 0.6 is 0 Å². The third-order valence-corrected chi connectivity index (χ3v) is 4.49. The van der Waals surface area contributed by atoms with Crippen LogP contribution in [0.5, 0.6) is 0 Å². The molecule has 8 heteroatoms. The molecule has 1 amide bonds. The average molecular weight is 348 g/mol. The van der Waals surface area contributed by atoms with E-state index in [9.17, 15) is 13.2 Å². The van der Waals surface area contributed by atoms with Crippen LogP contribution in [-0.2, 0) is 10.0 Å². The third kappa shape index (κ3) is 2.93. The van der Waals surface area contributed by atoms with Crippen molar-refractivity contribution in [3.05, 3.63) is 53.5 Å². The minimum Gasteiger partial charge on any atom is -0.459 e. The molecule has 0 aliphatic heterocycles. The molecule has 0 saturated heterocycles. The smallest absolute Gasteiger partial charge is 0.287 e. The number of aryl methyl sites for hydroxylation is 1. The molecule has 0 unspecified atom stereocenters. The van der Waals surface area contributed by atoms with E-state index in [1.165, 1.54) is 6.07 Å². The zero-order valence-corrected chi connectivity index (χ0v) is 13.9. The molecule has 0 bridgehead atoms. The number of fused-ring (bicyclic) bond motifs is 1. The highest BCUT2D eigenvalue weighted by molar-refractivity contribution is 7.89. The monoisotopic (exact) mass is 348 g/mol. The maximum absolute atomic E-state index is 12.2. The number of nitrogens with two attached hydrogens (primary N) is 1. The van der Waals surface area contributed by atoms with Crippen LogP contribution in [0.1, 0.15) is 34.8 Å². The molecule has 3 N–H and O–H groups in total. The maximum Gasteiger partial charge on any atom is 0.287 e. The first-order chi connectivity index (χ1) is 11.3. The van der Waals surface area contributed by atoms with E-state index in [1.807, 2.05) is 31.2 Å². The fourth-order valence-electron chi connectivity index (χ4n) is 2.53. The van der Waals surface area contributed by atoms with Gasteiger partial charge < -0.3 is 14.2 Å². The van der Waals surface area contributed by atoms with Crippen molar-refractivity contribution in [3.63, 3.8) is 0 Å². The van der Waals surface area contributed by atoms with E-state index in [1.54, 1.807) is 6.92 Å². The number of sulfonamides is 1. The molecule has 3 aromatic rings. The molecule has 0 radical (unpaired) electrons. The zero-order chi connectivity index (χ0) is 17.5. The predicted octanol–water partition coefficient (Wildman–Crippen LogP) is 2.47. The van der Waals surface area contributed by atoms with E-state index in [-0.39, 0.29) is 5.76 Å². The summed E-state index contributed by atoms with van der Waals surface area (Å²) in [6, 6.07) is 9.55. The summed E-state index contributed by atoms with van der Waals surface area (Å²) in [5.41, 5.74) is 1.67. The first-order valence-electron chi connectivity index (χ1n) is 7.19. The summed E-state index contributed by atoms with van der Waals surface area (Å²) in [6.45, 7) is 3.68. The van der Waals surface area contributed by atoms with Crippen molar-refractivity contribution in [2.75, 3.05) is 0 Å². The summed E-state index contributed by atoms with van der Waals surface area (Å²) in [4.78, 5) is 12.2. The van der Waals surface area contributed by atoms with E-state index >= 15 is 0 Å². The number of rotatable bonds is 4. The lowest BCUT2D eigenvalue weighted by atomic mass is 10.1. The highest BCUT2D eigenvalue weighted by atomic mass is 32.2. The predicted molar refractivity (Wildman–Crippen MR) is 86.9 cm³/mol. The van der Waals surface area contributed by atoms with Crippen molar-refractivity contribution in [1.82, 2.24) is 5.32 Å². The Labute approximate surface area is 138 Å². The molecule has 0 spiro atoms. The maximum atomic E-state index is 12.2. The van der Waals surface area contributed by atoms with Gasteiger partial charge in [-0.3, -0.25) is 4.79 Å². The summed E-state index contributed by atoms with van der Waals surface area (Å²) in [5.74, 6) is -0.0697. The Bertz CT molecular complexity index is 1020. The summed E-state index contributed by atoms with van der Waals surface area (Å²) < 4.78 is 33.2. The molecule has 2 aromatic heterocycles. The number of furan rings is 2. The fraction of sp³-hybridized carbons (Fsp3) is 0.188. The molecule has 7 nitrogen and oxygen atoms in total. The lowest BCUT2D eigenvalue weighted by Gasteiger charge is -2.11. The number of amides is 1. The van der Waals surface area contributed by atoms with Gasteiger partial charge in [-0.05, 0) is 32.0 Å². The number of benzene rings is 1. The van der Waals surface area contributed by atoms with Gasteiger partial charge in [0.15, 0.2) is 5.76 Å². The minimum absolute atomic E-state index is 0.139. The van der Waals surface area contributed by atoms with Gasteiger partial charge >= 0.3 is 0 Å². The molecule has 0 saturated carbocycles. The molecule has 2 heterocycles. The number of hydrogen-bond acceptors (Lipinski definition) is 5. The number of hydrogen-bond donors (Lipinski definition) is 2. The molecule has 24 heavy (non-hydrogen) atoms. The van der Waals surface area contributed by atoms with Crippen molar-refractivity contribution in [2.45, 2.75) is 25.0 Å².